The highest BCUT2D eigenvalue weighted by atomic mass is 16.7. The molecule has 1 aliphatic rings. The normalized spacial score (nSPS) is 14.4. The van der Waals surface area contributed by atoms with Gasteiger partial charge in [-0.25, -0.2) is 0 Å². The van der Waals surface area contributed by atoms with Gasteiger partial charge < -0.3 is 14.8 Å². The predicted octanol–water partition coefficient (Wildman–Crippen LogP) is 2.18. The molecule has 0 bridgehead atoms. The van der Waals surface area contributed by atoms with Crippen molar-refractivity contribution < 1.29 is 9.47 Å². The quantitative estimate of drug-likeness (QED) is 0.806. The van der Waals surface area contributed by atoms with E-state index in [1.807, 2.05) is 13.1 Å². The fourth-order valence-corrected chi connectivity index (χ4v) is 1.85. The van der Waals surface area contributed by atoms with Gasteiger partial charge >= 0.3 is 0 Å². The van der Waals surface area contributed by atoms with Crippen LogP contribution in [0.25, 0.3) is 0 Å². The van der Waals surface area contributed by atoms with Crippen molar-refractivity contribution in [1.82, 2.24) is 5.32 Å². The first kappa shape index (κ1) is 10.3. The molecule has 0 aliphatic carbocycles. The van der Waals surface area contributed by atoms with Gasteiger partial charge in [0.2, 0.25) is 6.79 Å². The van der Waals surface area contributed by atoms with Crippen LogP contribution in [-0.2, 0) is 5.54 Å². The molecule has 0 aromatic heterocycles. The Balaban J connectivity index is 2.49. The molecule has 0 unspecified atom stereocenters. The summed E-state index contributed by atoms with van der Waals surface area (Å²) < 4.78 is 10.7. The molecule has 2 rings (SSSR count). The second-order valence-electron chi connectivity index (χ2n) is 4.40. The van der Waals surface area contributed by atoms with E-state index in [1.165, 1.54) is 11.1 Å². The van der Waals surface area contributed by atoms with Gasteiger partial charge in [0.15, 0.2) is 11.5 Å². The van der Waals surface area contributed by atoms with Crippen LogP contribution in [0.1, 0.15) is 25.0 Å². The van der Waals surface area contributed by atoms with E-state index in [2.05, 4.69) is 32.2 Å². The molecule has 15 heavy (non-hydrogen) atoms. The number of benzene rings is 1. The largest absolute Gasteiger partial charge is 0.454 e. The smallest absolute Gasteiger partial charge is 0.231 e. The molecule has 82 valence electrons. The molecule has 0 radical (unpaired) electrons. The highest BCUT2D eigenvalue weighted by molar-refractivity contribution is 5.50. The minimum absolute atomic E-state index is 0.0505. The number of nitrogens with one attached hydrogen (secondary N) is 1. The van der Waals surface area contributed by atoms with Gasteiger partial charge in [0, 0.05) is 5.54 Å². The maximum Gasteiger partial charge on any atom is 0.231 e. The summed E-state index contributed by atoms with van der Waals surface area (Å²) in [7, 11) is 1.96. The lowest BCUT2D eigenvalue weighted by Crippen LogP contribution is -2.33. The van der Waals surface area contributed by atoms with Crippen molar-refractivity contribution in [2.24, 2.45) is 0 Å². The topological polar surface area (TPSA) is 30.5 Å². The first-order valence-electron chi connectivity index (χ1n) is 5.14. The van der Waals surface area contributed by atoms with Crippen molar-refractivity contribution in [2.45, 2.75) is 26.3 Å². The van der Waals surface area contributed by atoms with E-state index >= 15 is 0 Å². The summed E-state index contributed by atoms with van der Waals surface area (Å²) in [4.78, 5) is 0. The van der Waals surface area contributed by atoms with Crippen LogP contribution in [0.3, 0.4) is 0 Å². The lowest BCUT2D eigenvalue weighted by molar-refractivity contribution is 0.174. The number of hydrogen-bond acceptors (Lipinski definition) is 3. The van der Waals surface area contributed by atoms with Gasteiger partial charge in [-0.15, -0.1) is 0 Å². The van der Waals surface area contributed by atoms with Crippen molar-refractivity contribution in [2.75, 3.05) is 13.8 Å². The zero-order chi connectivity index (χ0) is 11.1. The molecule has 1 aliphatic heterocycles. The Morgan fingerprint density at radius 3 is 2.40 bits per heavy atom. The van der Waals surface area contributed by atoms with Crippen LogP contribution < -0.4 is 14.8 Å². The van der Waals surface area contributed by atoms with E-state index in [0.717, 1.165) is 11.5 Å². The third-order valence-corrected chi connectivity index (χ3v) is 3.02. The third kappa shape index (κ3) is 1.67. The molecule has 0 amide bonds. The molecular formula is C12H17NO2. The van der Waals surface area contributed by atoms with E-state index in [-0.39, 0.29) is 5.54 Å². The molecule has 1 aromatic carbocycles. The number of aryl methyl sites for hydroxylation is 1. The summed E-state index contributed by atoms with van der Waals surface area (Å²) >= 11 is 0. The van der Waals surface area contributed by atoms with Crippen LogP contribution in [0.4, 0.5) is 0 Å². The molecule has 0 saturated carbocycles. The standard InChI is InChI=1S/C12H17NO2/c1-8-5-10-11(15-7-14-10)6-9(8)12(2,3)13-4/h5-6,13H,7H2,1-4H3. The number of fused-ring (bicyclic) bond motifs is 1. The van der Waals surface area contributed by atoms with E-state index in [0.29, 0.717) is 6.79 Å². The molecule has 1 heterocycles. The minimum Gasteiger partial charge on any atom is -0.454 e. The predicted molar refractivity (Wildman–Crippen MR) is 59.4 cm³/mol. The van der Waals surface area contributed by atoms with Crippen molar-refractivity contribution >= 4 is 0 Å². The molecular weight excluding hydrogens is 190 g/mol. The van der Waals surface area contributed by atoms with Gasteiger partial charge in [0.05, 0.1) is 0 Å². The van der Waals surface area contributed by atoms with E-state index in [4.69, 9.17) is 9.47 Å². The van der Waals surface area contributed by atoms with Crippen LogP contribution in [0.2, 0.25) is 0 Å². The summed E-state index contributed by atoms with van der Waals surface area (Å²) in [5, 5.41) is 3.29. The molecule has 3 heteroatoms. The Labute approximate surface area is 90.4 Å². The maximum absolute atomic E-state index is 5.38. The first-order chi connectivity index (χ1) is 7.04. The average molecular weight is 207 g/mol. The summed E-state index contributed by atoms with van der Waals surface area (Å²) in [6.07, 6.45) is 0. The van der Waals surface area contributed by atoms with Crippen molar-refractivity contribution in [3.63, 3.8) is 0 Å². The number of hydrogen-bond donors (Lipinski definition) is 1. The Kier molecular flexibility index (Phi) is 2.35. The highest BCUT2D eigenvalue weighted by Gasteiger charge is 2.24. The number of rotatable bonds is 2. The Hall–Kier alpha value is -1.22. The van der Waals surface area contributed by atoms with Gasteiger partial charge in [-0.2, -0.15) is 0 Å². The molecule has 1 N–H and O–H groups in total. The van der Waals surface area contributed by atoms with Gasteiger partial charge in [0.1, 0.15) is 0 Å². The summed E-state index contributed by atoms with van der Waals surface area (Å²) in [6.45, 7) is 6.73. The van der Waals surface area contributed by atoms with Crippen LogP contribution >= 0.6 is 0 Å². The fraction of sp³-hybridized carbons (Fsp3) is 0.500. The molecule has 3 nitrogen and oxygen atoms in total. The zero-order valence-electron chi connectivity index (χ0n) is 9.68. The second kappa shape index (κ2) is 3.42. The van der Waals surface area contributed by atoms with Gasteiger partial charge in [0.25, 0.3) is 0 Å². The highest BCUT2D eigenvalue weighted by Crippen LogP contribution is 2.37. The lowest BCUT2D eigenvalue weighted by atomic mass is 9.90. The van der Waals surface area contributed by atoms with Crippen molar-refractivity contribution in [3.8, 4) is 11.5 Å². The van der Waals surface area contributed by atoms with E-state index in [1.54, 1.807) is 0 Å². The van der Waals surface area contributed by atoms with Crippen LogP contribution in [0, 0.1) is 6.92 Å². The van der Waals surface area contributed by atoms with Crippen LogP contribution in [-0.4, -0.2) is 13.8 Å². The minimum atomic E-state index is -0.0505. The zero-order valence-corrected chi connectivity index (χ0v) is 9.68. The second-order valence-corrected chi connectivity index (χ2v) is 4.40. The SMILES string of the molecule is CNC(C)(C)c1cc2c(cc1C)OCO2. The number of ether oxygens (including phenoxy) is 2. The third-order valence-electron chi connectivity index (χ3n) is 3.02. The lowest BCUT2D eigenvalue weighted by Gasteiger charge is -2.26. The maximum atomic E-state index is 5.38. The van der Waals surface area contributed by atoms with Crippen molar-refractivity contribution in [1.29, 1.82) is 0 Å². The summed E-state index contributed by atoms with van der Waals surface area (Å²) in [6, 6.07) is 4.10. The summed E-state index contributed by atoms with van der Waals surface area (Å²) in [5.41, 5.74) is 2.42. The van der Waals surface area contributed by atoms with E-state index in [9.17, 15) is 0 Å². The molecule has 0 fully saturated rings. The molecule has 1 aromatic rings. The van der Waals surface area contributed by atoms with E-state index < -0.39 is 0 Å². The summed E-state index contributed by atoms with van der Waals surface area (Å²) in [5.74, 6) is 1.70. The van der Waals surface area contributed by atoms with Crippen molar-refractivity contribution in [3.05, 3.63) is 23.3 Å². The average Bonchev–Trinajstić information content (AvgIpc) is 2.63. The molecule has 0 spiro atoms. The van der Waals surface area contributed by atoms with Gasteiger partial charge in [-0.05, 0) is 51.1 Å². The van der Waals surface area contributed by atoms with Gasteiger partial charge in [-0.1, -0.05) is 0 Å². The first-order valence-corrected chi connectivity index (χ1v) is 5.14. The Bertz CT molecular complexity index is 385. The Morgan fingerprint density at radius 1 is 1.20 bits per heavy atom. The fourth-order valence-electron chi connectivity index (χ4n) is 1.85. The van der Waals surface area contributed by atoms with Crippen LogP contribution in [0.15, 0.2) is 12.1 Å². The molecule has 0 atom stereocenters. The molecule has 0 saturated heterocycles. The monoisotopic (exact) mass is 207 g/mol. The Morgan fingerprint density at radius 2 is 1.80 bits per heavy atom. The van der Waals surface area contributed by atoms with Crippen LogP contribution in [0.5, 0.6) is 11.5 Å². The van der Waals surface area contributed by atoms with Gasteiger partial charge in [-0.3, -0.25) is 0 Å².